The highest BCUT2D eigenvalue weighted by atomic mass is 15.1. The molecule has 1 aromatic carbocycles. The maximum absolute atomic E-state index is 3.87. The summed E-state index contributed by atoms with van der Waals surface area (Å²) in [4.78, 5) is 2.54. The van der Waals surface area contributed by atoms with Crippen molar-refractivity contribution in [2.24, 2.45) is 5.92 Å². The second kappa shape index (κ2) is 6.38. The summed E-state index contributed by atoms with van der Waals surface area (Å²) in [5, 5.41) is 0. The van der Waals surface area contributed by atoms with E-state index in [1.165, 1.54) is 32.4 Å². The zero-order valence-corrected chi connectivity index (χ0v) is 12.4. The van der Waals surface area contributed by atoms with Gasteiger partial charge in [-0.05, 0) is 30.9 Å². The van der Waals surface area contributed by atoms with Gasteiger partial charge in [-0.1, -0.05) is 56.7 Å². The van der Waals surface area contributed by atoms with E-state index in [0.717, 1.165) is 6.54 Å². The SMILES string of the molecule is C=CCN1CC[C@](CCC)(c2ccccc2)[C@@H](C)C1. The molecule has 19 heavy (non-hydrogen) atoms. The van der Waals surface area contributed by atoms with E-state index in [1.807, 2.05) is 6.08 Å². The lowest BCUT2D eigenvalue weighted by Crippen LogP contribution is -2.48. The van der Waals surface area contributed by atoms with Gasteiger partial charge < -0.3 is 0 Å². The summed E-state index contributed by atoms with van der Waals surface area (Å²) in [6, 6.07) is 11.2. The smallest absolute Gasteiger partial charge is 0.0160 e. The minimum atomic E-state index is 0.383. The van der Waals surface area contributed by atoms with E-state index in [0.29, 0.717) is 11.3 Å². The van der Waals surface area contributed by atoms with Crippen LogP contribution in [0.15, 0.2) is 43.0 Å². The number of benzene rings is 1. The van der Waals surface area contributed by atoms with E-state index in [-0.39, 0.29) is 0 Å². The van der Waals surface area contributed by atoms with Gasteiger partial charge in [0.25, 0.3) is 0 Å². The van der Waals surface area contributed by atoms with Crippen LogP contribution in [0.4, 0.5) is 0 Å². The Labute approximate surface area is 118 Å². The molecule has 0 unspecified atom stereocenters. The zero-order chi connectivity index (χ0) is 13.7. The van der Waals surface area contributed by atoms with Gasteiger partial charge >= 0.3 is 0 Å². The molecule has 1 nitrogen and oxygen atoms in total. The maximum atomic E-state index is 3.87. The van der Waals surface area contributed by atoms with Crippen LogP contribution in [-0.2, 0) is 5.41 Å². The largest absolute Gasteiger partial charge is 0.299 e. The number of hydrogen-bond acceptors (Lipinski definition) is 1. The molecule has 1 aromatic rings. The van der Waals surface area contributed by atoms with E-state index >= 15 is 0 Å². The summed E-state index contributed by atoms with van der Waals surface area (Å²) in [5.74, 6) is 0.712. The van der Waals surface area contributed by atoms with Crippen LogP contribution >= 0.6 is 0 Å². The molecule has 1 heteroatoms. The summed E-state index contributed by atoms with van der Waals surface area (Å²) in [6.07, 6.45) is 5.88. The molecule has 0 N–H and O–H groups in total. The molecule has 2 atom stereocenters. The Morgan fingerprint density at radius 2 is 2.11 bits per heavy atom. The molecule has 0 aromatic heterocycles. The van der Waals surface area contributed by atoms with Crippen LogP contribution in [0, 0.1) is 5.92 Å². The molecular formula is C18H27N. The average Bonchev–Trinajstić information content (AvgIpc) is 2.43. The fraction of sp³-hybridized carbons (Fsp3) is 0.556. The van der Waals surface area contributed by atoms with Crippen LogP contribution in [-0.4, -0.2) is 24.5 Å². The Hall–Kier alpha value is -1.08. The number of likely N-dealkylation sites (tertiary alicyclic amines) is 1. The lowest BCUT2D eigenvalue weighted by atomic mass is 9.64. The van der Waals surface area contributed by atoms with E-state index in [2.05, 4.69) is 55.7 Å². The molecule has 0 radical (unpaired) electrons. The second-order valence-electron chi connectivity index (χ2n) is 5.97. The van der Waals surface area contributed by atoms with Crippen molar-refractivity contribution < 1.29 is 0 Å². The third-order valence-corrected chi connectivity index (χ3v) is 4.78. The third kappa shape index (κ3) is 2.92. The summed E-state index contributed by atoms with van der Waals surface area (Å²) >= 11 is 0. The standard InChI is InChI=1S/C18H27N/c1-4-11-18(17-9-7-6-8-10-17)12-14-19(13-5-2)15-16(18)3/h5-10,16H,2,4,11-15H2,1,3H3/t16-,18-/m0/s1. The van der Waals surface area contributed by atoms with Crippen LogP contribution in [0.25, 0.3) is 0 Å². The van der Waals surface area contributed by atoms with Gasteiger partial charge in [0.2, 0.25) is 0 Å². The van der Waals surface area contributed by atoms with Gasteiger partial charge in [-0.3, -0.25) is 4.90 Å². The molecule has 0 aliphatic carbocycles. The number of piperidine rings is 1. The highest BCUT2D eigenvalue weighted by Crippen LogP contribution is 2.43. The predicted molar refractivity (Wildman–Crippen MR) is 83.4 cm³/mol. The summed E-state index contributed by atoms with van der Waals surface area (Å²) in [7, 11) is 0. The Morgan fingerprint density at radius 3 is 2.68 bits per heavy atom. The van der Waals surface area contributed by atoms with E-state index in [9.17, 15) is 0 Å². The lowest BCUT2D eigenvalue weighted by molar-refractivity contribution is 0.102. The quantitative estimate of drug-likeness (QED) is 0.713. The van der Waals surface area contributed by atoms with Crippen molar-refractivity contribution in [1.29, 1.82) is 0 Å². The second-order valence-corrected chi connectivity index (χ2v) is 5.97. The summed E-state index contributed by atoms with van der Waals surface area (Å²) in [5.41, 5.74) is 1.93. The molecule has 2 rings (SSSR count). The van der Waals surface area contributed by atoms with E-state index < -0.39 is 0 Å². The van der Waals surface area contributed by atoms with Crippen molar-refractivity contribution in [3.63, 3.8) is 0 Å². The van der Waals surface area contributed by atoms with Gasteiger partial charge in [0, 0.05) is 18.5 Å². The fourth-order valence-corrected chi connectivity index (χ4v) is 3.77. The Kier molecular flexibility index (Phi) is 4.81. The molecule has 0 amide bonds. The van der Waals surface area contributed by atoms with Gasteiger partial charge in [-0.25, -0.2) is 0 Å². The molecule has 0 saturated carbocycles. The first-order valence-electron chi connectivity index (χ1n) is 7.61. The van der Waals surface area contributed by atoms with Crippen LogP contribution in [0.3, 0.4) is 0 Å². The molecule has 1 fully saturated rings. The Balaban J connectivity index is 2.24. The number of hydrogen-bond donors (Lipinski definition) is 0. The van der Waals surface area contributed by atoms with Crippen molar-refractivity contribution >= 4 is 0 Å². The van der Waals surface area contributed by atoms with Crippen molar-refractivity contribution in [1.82, 2.24) is 4.90 Å². The monoisotopic (exact) mass is 257 g/mol. The van der Waals surface area contributed by atoms with Crippen LogP contribution < -0.4 is 0 Å². The van der Waals surface area contributed by atoms with Crippen LogP contribution in [0.2, 0.25) is 0 Å². The lowest BCUT2D eigenvalue weighted by Gasteiger charge is -2.47. The summed E-state index contributed by atoms with van der Waals surface area (Å²) in [6.45, 7) is 12.0. The minimum Gasteiger partial charge on any atom is -0.299 e. The molecule has 1 saturated heterocycles. The number of rotatable bonds is 5. The van der Waals surface area contributed by atoms with Crippen molar-refractivity contribution in [2.45, 2.75) is 38.5 Å². The molecule has 0 spiro atoms. The van der Waals surface area contributed by atoms with E-state index in [1.54, 1.807) is 5.56 Å². The van der Waals surface area contributed by atoms with Crippen molar-refractivity contribution in [2.75, 3.05) is 19.6 Å². The van der Waals surface area contributed by atoms with Crippen LogP contribution in [0.1, 0.15) is 38.7 Å². The van der Waals surface area contributed by atoms with Gasteiger partial charge in [-0.2, -0.15) is 0 Å². The first-order valence-corrected chi connectivity index (χ1v) is 7.61. The highest BCUT2D eigenvalue weighted by molar-refractivity contribution is 5.27. The predicted octanol–water partition coefficient (Wildman–Crippen LogP) is 4.25. The van der Waals surface area contributed by atoms with Gasteiger partial charge in [0.05, 0.1) is 0 Å². The van der Waals surface area contributed by atoms with Gasteiger partial charge in [-0.15, -0.1) is 6.58 Å². The van der Waals surface area contributed by atoms with Crippen LogP contribution in [0.5, 0.6) is 0 Å². The highest BCUT2D eigenvalue weighted by Gasteiger charge is 2.40. The normalized spacial score (nSPS) is 28.2. The fourth-order valence-electron chi connectivity index (χ4n) is 3.77. The van der Waals surface area contributed by atoms with E-state index in [4.69, 9.17) is 0 Å². The topological polar surface area (TPSA) is 3.24 Å². The van der Waals surface area contributed by atoms with Crippen molar-refractivity contribution in [3.05, 3.63) is 48.6 Å². The molecule has 1 aliphatic heterocycles. The molecule has 0 bridgehead atoms. The first-order chi connectivity index (χ1) is 9.23. The van der Waals surface area contributed by atoms with Crippen molar-refractivity contribution in [3.8, 4) is 0 Å². The molecular weight excluding hydrogens is 230 g/mol. The van der Waals surface area contributed by atoms with Gasteiger partial charge in [0.15, 0.2) is 0 Å². The Bertz CT molecular complexity index is 397. The Morgan fingerprint density at radius 1 is 1.37 bits per heavy atom. The molecule has 1 aliphatic rings. The minimum absolute atomic E-state index is 0.383. The zero-order valence-electron chi connectivity index (χ0n) is 12.4. The first kappa shape index (κ1) is 14.3. The average molecular weight is 257 g/mol. The maximum Gasteiger partial charge on any atom is 0.0160 e. The molecule has 104 valence electrons. The number of nitrogens with zero attached hydrogens (tertiary/aromatic N) is 1. The molecule has 1 heterocycles. The van der Waals surface area contributed by atoms with Gasteiger partial charge in [0.1, 0.15) is 0 Å². The summed E-state index contributed by atoms with van der Waals surface area (Å²) < 4.78 is 0. The third-order valence-electron chi connectivity index (χ3n) is 4.78.